The van der Waals surface area contributed by atoms with Crippen LogP contribution >= 0.6 is 31.9 Å². The van der Waals surface area contributed by atoms with Crippen LogP contribution in [0, 0.1) is 0 Å². The van der Waals surface area contributed by atoms with Gasteiger partial charge in [-0.15, -0.1) is 0 Å². The van der Waals surface area contributed by atoms with E-state index in [-0.39, 0.29) is 11.9 Å². The second kappa shape index (κ2) is 9.81. The summed E-state index contributed by atoms with van der Waals surface area (Å²) in [6.45, 7) is 4.37. The van der Waals surface area contributed by atoms with Gasteiger partial charge < -0.3 is 0 Å². The normalized spacial score (nSPS) is 14.2. The molecule has 0 bridgehead atoms. The number of carbonyl (C=O) groups excluding carboxylic acids is 2. The van der Waals surface area contributed by atoms with Gasteiger partial charge in [-0.25, -0.2) is 0 Å². The summed E-state index contributed by atoms with van der Waals surface area (Å²) < 4.78 is 18.8. The molecule has 0 amide bonds. The summed E-state index contributed by atoms with van der Waals surface area (Å²) in [5.74, 6) is -0.657. The van der Waals surface area contributed by atoms with Crippen LogP contribution in [-0.4, -0.2) is 50.7 Å². The van der Waals surface area contributed by atoms with Crippen LogP contribution in [0.4, 0.5) is 0 Å². The van der Waals surface area contributed by atoms with Crippen LogP contribution in [0.3, 0.4) is 0 Å². The number of unbranched alkanes of at least 4 members (excludes halogenated alkanes) is 2. The first-order valence-corrected chi connectivity index (χ1v) is 18.5. The van der Waals surface area contributed by atoms with Gasteiger partial charge in [-0.3, -0.25) is 0 Å². The van der Waals surface area contributed by atoms with Crippen LogP contribution in [0.5, 0.6) is 0 Å². The van der Waals surface area contributed by atoms with E-state index in [0.717, 1.165) is 54.9 Å². The van der Waals surface area contributed by atoms with E-state index in [1.807, 2.05) is 12.1 Å². The van der Waals surface area contributed by atoms with Gasteiger partial charge in [-0.05, 0) is 0 Å². The van der Waals surface area contributed by atoms with Crippen molar-refractivity contribution in [2.45, 2.75) is 54.8 Å². The Labute approximate surface area is 199 Å². The zero-order valence-corrected chi connectivity index (χ0v) is 23.9. The summed E-state index contributed by atoms with van der Waals surface area (Å²) >= 11 is 3.78. The van der Waals surface area contributed by atoms with Gasteiger partial charge in [0.1, 0.15) is 0 Å². The standard InChI is InChI=1S/C13H12Br2N2O4.2C4H9.Sn/c1-20-12(18)10-3-6(14)8(16-10)5-9-7(15)4-11(17-9)13(19)21-2;2*1-3-4-2;/h3-4H,5H2,1-2H3,(H2,16,17,18,19);2*1,3-4H2,2H3;/q;;;+2/p-2. The first kappa shape index (κ1) is 23.9. The van der Waals surface area contributed by atoms with E-state index >= 15 is 0 Å². The number of rotatable bonds is 8. The number of nitrogens with zero attached hydrogens (tertiary/aromatic N) is 2. The van der Waals surface area contributed by atoms with Crippen molar-refractivity contribution in [2.24, 2.45) is 0 Å². The number of aromatic nitrogens is 2. The summed E-state index contributed by atoms with van der Waals surface area (Å²) in [4.78, 5) is 25.6. The molecule has 1 aliphatic heterocycles. The Bertz CT molecular complexity index is 891. The molecule has 0 saturated carbocycles. The Kier molecular flexibility index (Phi) is 7.82. The average molecular weight is 651 g/mol. The van der Waals surface area contributed by atoms with E-state index in [1.54, 1.807) is 0 Å². The number of hydrogen-bond donors (Lipinski definition) is 0. The molecule has 9 heteroatoms. The molecule has 0 atom stereocenters. The van der Waals surface area contributed by atoms with E-state index < -0.39 is 18.9 Å². The molecule has 0 radical (unpaired) electrons. The van der Waals surface area contributed by atoms with Gasteiger partial charge >= 0.3 is 200 Å². The van der Waals surface area contributed by atoms with Gasteiger partial charge in [-0.2, -0.15) is 0 Å². The number of hydrogen-bond acceptors (Lipinski definition) is 4. The Morgan fingerprint density at radius 2 is 1.30 bits per heavy atom. The van der Waals surface area contributed by atoms with Crippen LogP contribution in [0.2, 0.25) is 8.87 Å². The fourth-order valence-corrected chi connectivity index (χ4v) is 23.1. The third-order valence-electron chi connectivity index (χ3n) is 5.92. The quantitative estimate of drug-likeness (QED) is 0.271. The third kappa shape index (κ3) is 3.92. The van der Waals surface area contributed by atoms with Gasteiger partial charge in [0.25, 0.3) is 0 Å². The molecule has 0 unspecified atom stereocenters. The van der Waals surface area contributed by atoms with Crippen LogP contribution in [0.15, 0.2) is 21.1 Å². The van der Waals surface area contributed by atoms with Crippen molar-refractivity contribution in [3.8, 4) is 0 Å². The number of esters is 2. The molecule has 3 heterocycles. The van der Waals surface area contributed by atoms with Crippen LogP contribution in [0.25, 0.3) is 0 Å². The topological polar surface area (TPSA) is 62.5 Å². The molecule has 30 heavy (non-hydrogen) atoms. The molecule has 2 aromatic heterocycles. The monoisotopic (exact) mass is 650 g/mol. The van der Waals surface area contributed by atoms with Crippen molar-refractivity contribution in [1.82, 2.24) is 5.58 Å². The Balaban J connectivity index is 2.39. The minimum absolute atomic E-state index is 0.328. The predicted octanol–water partition coefficient (Wildman–Crippen LogP) is 5.73. The minimum atomic E-state index is -3.63. The van der Waals surface area contributed by atoms with Gasteiger partial charge in [0.05, 0.1) is 0 Å². The molecule has 0 fully saturated rings. The SMILES string of the molecule is CCC[CH2][Sn]1([CH2]CCC)[n]2c(C(=O)OC)cc(Br)c2Cc2c(Br)cc(C(=O)OC)[n]21. The third-order valence-corrected chi connectivity index (χ3v) is 21.5. The second-order valence-corrected chi connectivity index (χ2v) is 20.4. The Morgan fingerprint density at radius 3 is 1.63 bits per heavy atom. The van der Waals surface area contributed by atoms with Crippen molar-refractivity contribution < 1.29 is 19.1 Å². The first-order chi connectivity index (χ1) is 14.4. The van der Waals surface area contributed by atoms with Crippen molar-refractivity contribution in [3.05, 3.63) is 43.9 Å². The van der Waals surface area contributed by atoms with Gasteiger partial charge in [0.15, 0.2) is 0 Å². The number of halogens is 2. The van der Waals surface area contributed by atoms with Crippen molar-refractivity contribution >= 4 is 62.7 Å². The molecule has 6 nitrogen and oxygen atoms in total. The van der Waals surface area contributed by atoms with Crippen LogP contribution in [0.1, 0.15) is 71.9 Å². The number of ether oxygens (including phenoxy) is 2. The van der Waals surface area contributed by atoms with Crippen molar-refractivity contribution in [2.75, 3.05) is 14.2 Å². The summed E-state index contributed by atoms with van der Waals surface area (Å²) in [6.07, 6.45) is 4.84. The Hall–Kier alpha value is -0.741. The predicted molar refractivity (Wildman–Crippen MR) is 126 cm³/mol. The molecule has 0 saturated heterocycles. The molecular weight excluding hydrogens is 623 g/mol. The zero-order valence-electron chi connectivity index (χ0n) is 17.9. The van der Waals surface area contributed by atoms with E-state index in [2.05, 4.69) is 51.3 Å². The van der Waals surface area contributed by atoms with Crippen LogP contribution < -0.4 is 0 Å². The summed E-state index contributed by atoms with van der Waals surface area (Å²) in [7, 11) is 2.84. The average Bonchev–Trinajstić information content (AvgIpc) is 3.27. The van der Waals surface area contributed by atoms with E-state index in [9.17, 15) is 9.59 Å². The Morgan fingerprint density at radius 1 is 0.900 bits per heavy atom. The fourth-order valence-electron chi connectivity index (χ4n) is 4.58. The maximum absolute atomic E-state index is 12.8. The summed E-state index contributed by atoms with van der Waals surface area (Å²) in [5, 5.41) is 0. The first-order valence-electron chi connectivity index (χ1n) is 10.3. The maximum atomic E-state index is 12.8. The van der Waals surface area contributed by atoms with E-state index in [1.165, 1.54) is 14.2 Å². The van der Waals surface area contributed by atoms with Crippen molar-refractivity contribution in [1.29, 1.82) is 0 Å². The van der Waals surface area contributed by atoms with Crippen LogP contribution in [-0.2, 0) is 15.9 Å². The molecule has 0 aliphatic carbocycles. The fraction of sp³-hybridized carbons (Fsp3) is 0.524. The van der Waals surface area contributed by atoms with E-state index in [0.29, 0.717) is 17.8 Å². The van der Waals surface area contributed by atoms with Gasteiger partial charge in [-0.1, -0.05) is 0 Å². The molecule has 0 spiro atoms. The number of fused-ring (bicyclic) bond motifs is 2. The molecule has 2 aromatic rings. The molecule has 3 rings (SSSR count). The summed E-state index contributed by atoms with van der Waals surface area (Å²) in [5.41, 5.74) is 3.41. The molecule has 1 aliphatic rings. The number of carbonyl (C=O) groups is 2. The molecule has 164 valence electrons. The zero-order chi connectivity index (χ0) is 22.1. The van der Waals surface area contributed by atoms with Crippen molar-refractivity contribution in [3.63, 3.8) is 0 Å². The van der Waals surface area contributed by atoms with Gasteiger partial charge in [0.2, 0.25) is 0 Å². The van der Waals surface area contributed by atoms with E-state index in [4.69, 9.17) is 9.47 Å². The van der Waals surface area contributed by atoms with Gasteiger partial charge in [0, 0.05) is 0 Å². The molecular formula is C21H28Br2N2O4Sn. The molecule has 0 N–H and O–H groups in total. The molecule has 0 aromatic carbocycles. The summed E-state index contributed by atoms with van der Waals surface area (Å²) in [6, 6.07) is 3.78. The number of methoxy groups -OCH3 is 2. The second-order valence-electron chi connectivity index (χ2n) is 7.67.